The van der Waals surface area contributed by atoms with Gasteiger partial charge in [0.2, 0.25) is 21.8 Å². The van der Waals surface area contributed by atoms with Crippen molar-refractivity contribution in [2.75, 3.05) is 20.1 Å². The molecule has 0 spiro atoms. The molecule has 0 aliphatic rings. The molecule has 0 aliphatic heterocycles. The van der Waals surface area contributed by atoms with Crippen LogP contribution in [0.1, 0.15) is 26.3 Å². The van der Waals surface area contributed by atoms with Crippen molar-refractivity contribution in [3.05, 3.63) is 63.1 Å². The Balaban J connectivity index is 2.29. The third-order valence-electron chi connectivity index (χ3n) is 5.09. The zero-order valence-electron chi connectivity index (χ0n) is 19.4. The summed E-state index contributed by atoms with van der Waals surface area (Å²) in [4.78, 5) is 27.4. The first kappa shape index (κ1) is 28.4. The monoisotopic (exact) mass is 547 g/mol. The summed E-state index contributed by atoms with van der Waals surface area (Å²) in [5.41, 5.74) is 0.575. The summed E-state index contributed by atoms with van der Waals surface area (Å²) >= 11 is 18.1. The second-order valence-corrected chi connectivity index (χ2v) is 11.6. The first-order valence-electron chi connectivity index (χ1n) is 10.6. The second kappa shape index (κ2) is 12.2. The van der Waals surface area contributed by atoms with Gasteiger partial charge in [-0.15, -0.1) is 0 Å². The van der Waals surface area contributed by atoms with Crippen molar-refractivity contribution < 1.29 is 18.0 Å². The number of carbonyl (C=O) groups is 2. The van der Waals surface area contributed by atoms with Crippen LogP contribution in [-0.2, 0) is 26.2 Å². The van der Waals surface area contributed by atoms with Crippen LogP contribution in [0.25, 0.3) is 0 Å². The average molecular weight is 549 g/mol. The van der Waals surface area contributed by atoms with Crippen molar-refractivity contribution in [3.63, 3.8) is 0 Å². The van der Waals surface area contributed by atoms with Crippen molar-refractivity contribution in [3.8, 4) is 0 Å². The fourth-order valence-electron chi connectivity index (χ4n) is 3.02. The molecule has 0 saturated carbocycles. The average Bonchev–Trinajstić information content (AvgIpc) is 2.76. The summed E-state index contributed by atoms with van der Waals surface area (Å²) in [6.45, 7) is 5.47. The van der Waals surface area contributed by atoms with Gasteiger partial charge in [0.25, 0.3) is 0 Å². The van der Waals surface area contributed by atoms with E-state index in [-0.39, 0.29) is 23.3 Å². The maximum absolute atomic E-state index is 13.3. The summed E-state index contributed by atoms with van der Waals surface area (Å²) in [5, 5.41) is 3.97. The largest absolute Gasteiger partial charge is 0.354 e. The zero-order chi connectivity index (χ0) is 25.6. The van der Waals surface area contributed by atoms with Crippen LogP contribution in [0.15, 0.2) is 47.4 Å². The molecule has 0 aromatic heterocycles. The minimum absolute atomic E-state index is 0.0000661. The molecular formula is C23H28Cl3N3O4S. The van der Waals surface area contributed by atoms with Crippen molar-refractivity contribution in [2.45, 2.75) is 38.3 Å². The molecule has 2 aromatic rings. The molecule has 2 amide bonds. The van der Waals surface area contributed by atoms with Crippen LogP contribution in [0, 0.1) is 5.92 Å². The van der Waals surface area contributed by atoms with Gasteiger partial charge in [0, 0.05) is 35.2 Å². The van der Waals surface area contributed by atoms with Crippen LogP contribution < -0.4 is 5.32 Å². The summed E-state index contributed by atoms with van der Waals surface area (Å²) in [6.07, 6.45) is 0. The number of hydrogen-bond donors (Lipinski definition) is 1. The molecule has 2 rings (SSSR count). The van der Waals surface area contributed by atoms with Gasteiger partial charge in [0.05, 0.1) is 11.4 Å². The molecule has 34 heavy (non-hydrogen) atoms. The quantitative estimate of drug-likeness (QED) is 0.475. The number of hydrogen-bond acceptors (Lipinski definition) is 4. The molecule has 186 valence electrons. The SMILES string of the molecule is CC(C)CNC(=O)[C@H](C)N(Cc1ccc(Cl)cc1Cl)C(=O)CN(C)S(=O)(=O)c1ccc(Cl)cc1. The Morgan fingerprint density at radius 3 is 2.12 bits per heavy atom. The van der Waals surface area contributed by atoms with Gasteiger partial charge in [0.15, 0.2) is 0 Å². The Bertz CT molecular complexity index is 1120. The molecule has 0 aliphatic carbocycles. The highest BCUT2D eigenvalue weighted by Gasteiger charge is 2.30. The lowest BCUT2D eigenvalue weighted by Crippen LogP contribution is -2.51. The third-order valence-corrected chi connectivity index (χ3v) is 7.74. The number of benzene rings is 2. The molecule has 0 radical (unpaired) electrons. The molecule has 0 saturated heterocycles. The van der Waals surface area contributed by atoms with E-state index in [1.807, 2.05) is 13.8 Å². The lowest BCUT2D eigenvalue weighted by molar-refractivity contribution is -0.140. The van der Waals surface area contributed by atoms with Gasteiger partial charge in [-0.1, -0.05) is 54.7 Å². The smallest absolute Gasteiger partial charge is 0.243 e. The standard InChI is InChI=1S/C23H28Cl3N3O4S/c1-15(2)12-27-23(31)16(3)29(13-17-5-6-19(25)11-21(17)26)22(30)14-28(4)34(32,33)20-9-7-18(24)8-10-20/h5-11,15-16H,12-14H2,1-4H3,(H,27,31)/t16-/m0/s1. The van der Waals surface area contributed by atoms with E-state index >= 15 is 0 Å². The van der Waals surface area contributed by atoms with Crippen LogP contribution in [0.4, 0.5) is 0 Å². The molecular weight excluding hydrogens is 521 g/mol. The molecule has 7 nitrogen and oxygen atoms in total. The maximum Gasteiger partial charge on any atom is 0.243 e. The van der Waals surface area contributed by atoms with Crippen LogP contribution in [0.3, 0.4) is 0 Å². The zero-order valence-corrected chi connectivity index (χ0v) is 22.5. The summed E-state index contributed by atoms with van der Waals surface area (Å²) in [5.74, 6) is -0.685. The molecule has 11 heteroatoms. The van der Waals surface area contributed by atoms with Crippen molar-refractivity contribution in [2.24, 2.45) is 5.92 Å². The highest BCUT2D eigenvalue weighted by Crippen LogP contribution is 2.24. The highest BCUT2D eigenvalue weighted by atomic mass is 35.5. The fourth-order valence-corrected chi connectivity index (χ4v) is 4.74. The van der Waals surface area contributed by atoms with Gasteiger partial charge in [-0.3, -0.25) is 9.59 Å². The Morgan fingerprint density at radius 1 is 0.971 bits per heavy atom. The van der Waals surface area contributed by atoms with Crippen LogP contribution in [0.2, 0.25) is 15.1 Å². The molecule has 0 heterocycles. The van der Waals surface area contributed by atoms with E-state index < -0.39 is 28.5 Å². The second-order valence-electron chi connectivity index (χ2n) is 8.29. The predicted molar refractivity (Wildman–Crippen MR) is 136 cm³/mol. The number of amides is 2. The maximum atomic E-state index is 13.3. The minimum Gasteiger partial charge on any atom is -0.354 e. The highest BCUT2D eigenvalue weighted by molar-refractivity contribution is 7.89. The van der Waals surface area contributed by atoms with E-state index in [4.69, 9.17) is 34.8 Å². The van der Waals surface area contributed by atoms with Crippen molar-refractivity contribution >= 4 is 56.6 Å². The van der Waals surface area contributed by atoms with Gasteiger partial charge < -0.3 is 10.2 Å². The first-order chi connectivity index (χ1) is 15.8. The first-order valence-corrected chi connectivity index (χ1v) is 13.1. The van der Waals surface area contributed by atoms with Gasteiger partial charge in [-0.05, 0) is 54.8 Å². The normalized spacial score (nSPS) is 12.6. The molecule has 1 atom stereocenters. The summed E-state index contributed by atoms with van der Waals surface area (Å²) in [6, 6.07) is 9.62. The number of nitrogens with zero attached hydrogens (tertiary/aromatic N) is 2. The molecule has 0 unspecified atom stereocenters. The number of sulfonamides is 1. The summed E-state index contributed by atoms with van der Waals surface area (Å²) in [7, 11) is -2.65. The molecule has 2 aromatic carbocycles. The van der Waals surface area contributed by atoms with Crippen LogP contribution >= 0.6 is 34.8 Å². The topological polar surface area (TPSA) is 86.8 Å². The van der Waals surface area contributed by atoms with Gasteiger partial charge in [-0.25, -0.2) is 8.42 Å². The Morgan fingerprint density at radius 2 is 1.56 bits per heavy atom. The van der Waals surface area contributed by atoms with Gasteiger partial charge in [0.1, 0.15) is 6.04 Å². The molecule has 0 fully saturated rings. The lowest BCUT2D eigenvalue weighted by Gasteiger charge is -2.30. The Kier molecular flexibility index (Phi) is 10.2. The summed E-state index contributed by atoms with van der Waals surface area (Å²) < 4.78 is 26.8. The number of nitrogens with one attached hydrogen (secondary N) is 1. The van der Waals surface area contributed by atoms with Crippen LogP contribution in [0.5, 0.6) is 0 Å². The van der Waals surface area contributed by atoms with Crippen molar-refractivity contribution in [1.82, 2.24) is 14.5 Å². The molecule has 1 N–H and O–H groups in total. The number of likely N-dealkylation sites (N-methyl/N-ethyl adjacent to an activating group) is 1. The van der Waals surface area contributed by atoms with Gasteiger partial charge >= 0.3 is 0 Å². The number of halogens is 3. The van der Waals surface area contributed by atoms with E-state index in [0.29, 0.717) is 27.2 Å². The predicted octanol–water partition coefficient (Wildman–Crippen LogP) is 4.46. The van der Waals surface area contributed by atoms with E-state index in [9.17, 15) is 18.0 Å². The Hall–Kier alpha value is -1.84. The van der Waals surface area contributed by atoms with E-state index in [0.717, 1.165) is 4.31 Å². The number of rotatable bonds is 10. The van der Waals surface area contributed by atoms with Crippen molar-refractivity contribution in [1.29, 1.82) is 0 Å². The Labute approximate surface area is 216 Å². The van der Waals surface area contributed by atoms with E-state index in [2.05, 4.69) is 5.32 Å². The molecule has 0 bridgehead atoms. The minimum atomic E-state index is -3.96. The van der Waals surface area contributed by atoms with E-state index in [1.54, 1.807) is 25.1 Å². The fraction of sp³-hybridized carbons (Fsp3) is 0.391. The van der Waals surface area contributed by atoms with Crippen LogP contribution in [-0.4, -0.2) is 55.6 Å². The van der Waals surface area contributed by atoms with E-state index in [1.165, 1.54) is 36.2 Å². The lowest BCUT2D eigenvalue weighted by atomic mass is 10.1. The third kappa shape index (κ3) is 7.58. The van der Waals surface area contributed by atoms with Gasteiger partial charge in [-0.2, -0.15) is 4.31 Å². The number of carbonyl (C=O) groups excluding carboxylic acids is 2.